The molecule has 2 aliphatic rings. The molecule has 0 radical (unpaired) electrons. The summed E-state index contributed by atoms with van der Waals surface area (Å²) in [4.78, 5) is 78.0. The van der Waals surface area contributed by atoms with Crippen molar-refractivity contribution >= 4 is 35.3 Å². The zero-order chi connectivity index (χ0) is 31.7. The average Bonchev–Trinajstić information content (AvgIpc) is 3.31. The van der Waals surface area contributed by atoms with Gasteiger partial charge in [-0.1, -0.05) is 53.7 Å². The van der Waals surface area contributed by atoms with Crippen molar-refractivity contribution in [2.45, 2.75) is 105 Å². The number of urea groups is 1. The topological polar surface area (TPSA) is 154 Å². The third-order valence-corrected chi connectivity index (χ3v) is 7.69. The molecule has 0 aromatic rings. The highest BCUT2D eigenvalue weighted by Gasteiger charge is 2.42. The summed E-state index contributed by atoms with van der Waals surface area (Å²) < 4.78 is 0. The molecule has 1 fully saturated rings. The number of carbonyl (C=O) groups excluding carboxylic acids is 6. The zero-order valence-electron chi connectivity index (χ0n) is 26.1. The maximum Gasteiger partial charge on any atom is 0.315 e. The van der Waals surface area contributed by atoms with E-state index in [1.54, 1.807) is 0 Å². The van der Waals surface area contributed by atoms with Gasteiger partial charge >= 0.3 is 6.03 Å². The summed E-state index contributed by atoms with van der Waals surface area (Å²) in [5, 5.41) is 10.7. The number of Topliss-reactive ketones (excluding diaryl/α,β-unsaturated/α-hetero) is 2. The molecule has 42 heavy (non-hydrogen) atoms. The van der Waals surface area contributed by atoms with Crippen LogP contribution in [-0.2, 0) is 24.0 Å². The van der Waals surface area contributed by atoms with E-state index in [1.165, 1.54) is 11.0 Å². The molecule has 1 saturated heterocycles. The molecule has 11 heteroatoms. The zero-order valence-corrected chi connectivity index (χ0v) is 26.1. The van der Waals surface area contributed by atoms with Crippen LogP contribution in [-0.4, -0.2) is 78.0 Å². The fourth-order valence-corrected chi connectivity index (χ4v) is 5.05. The quantitative estimate of drug-likeness (QED) is 0.215. The van der Waals surface area contributed by atoms with Crippen molar-refractivity contribution in [1.82, 2.24) is 26.2 Å². The SMILES string of the molecule is C=CCNC(=O)C(=O)CNC(=O)[C@@H]1CCCN1C(=O)[C@@H](NC(=O)N[C@H](CC1=CCCCCC1=O)C(C)(C)C)C(C)(C)C. The maximum absolute atomic E-state index is 13.8. The van der Waals surface area contributed by atoms with Gasteiger partial charge in [0.1, 0.15) is 12.1 Å². The van der Waals surface area contributed by atoms with E-state index >= 15 is 0 Å². The van der Waals surface area contributed by atoms with Gasteiger partial charge in [-0.15, -0.1) is 6.58 Å². The summed E-state index contributed by atoms with van der Waals surface area (Å²) in [5.74, 6) is -2.45. The molecule has 0 spiro atoms. The number of nitrogens with zero attached hydrogens (tertiary/aromatic N) is 1. The van der Waals surface area contributed by atoms with Gasteiger partial charge in [-0.25, -0.2) is 4.79 Å². The van der Waals surface area contributed by atoms with Gasteiger partial charge in [0.15, 0.2) is 5.78 Å². The van der Waals surface area contributed by atoms with Gasteiger partial charge in [0, 0.05) is 25.6 Å². The first-order chi connectivity index (χ1) is 19.6. The molecule has 11 nitrogen and oxygen atoms in total. The minimum atomic E-state index is -0.948. The highest BCUT2D eigenvalue weighted by Crippen LogP contribution is 2.29. The van der Waals surface area contributed by atoms with E-state index in [0.29, 0.717) is 32.2 Å². The molecular formula is C31H49N5O6. The van der Waals surface area contributed by atoms with Crippen LogP contribution in [0.5, 0.6) is 0 Å². The van der Waals surface area contributed by atoms with Crippen LogP contribution < -0.4 is 21.3 Å². The lowest BCUT2D eigenvalue weighted by Gasteiger charge is -2.37. The highest BCUT2D eigenvalue weighted by molar-refractivity contribution is 6.37. The first-order valence-electron chi connectivity index (χ1n) is 14.9. The second kappa shape index (κ2) is 15.1. The molecule has 1 aliphatic heterocycles. The summed E-state index contributed by atoms with van der Waals surface area (Å²) in [6.07, 6.45) is 7.98. The number of carbonyl (C=O) groups is 6. The van der Waals surface area contributed by atoms with Gasteiger partial charge in [-0.2, -0.15) is 0 Å². The Morgan fingerprint density at radius 2 is 1.69 bits per heavy atom. The van der Waals surface area contributed by atoms with Gasteiger partial charge in [-0.3, -0.25) is 24.0 Å². The Bertz CT molecular complexity index is 1080. The monoisotopic (exact) mass is 587 g/mol. The van der Waals surface area contributed by atoms with Crippen LogP contribution in [0.1, 0.15) is 86.5 Å². The standard InChI is InChI=1S/C31H49N5O6/c1-8-16-32-27(40)23(38)19-33-26(39)21-14-12-17-36(21)28(41)25(31(5,6)7)35-29(42)34-24(30(2,3)4)18-20-13-10-9-11-15-22(20)37/h8,13,21,24-25H,1,9-12,14-19H2,2-7H3,(H,32,40)(H,33,39)(H2,34,35,42)/t21-,24+,25+/m0/s1. The normalized spacial score (nSPS) is 19.1. The van der Waals surface area contributed by atoms with Crippen molar-refractivity contribution in [1.29, 1.82) is 0 Å². The Balaban J connectivity index is 2.11. The van der Waals surface area contributed by atoms with Crippen LogP contribution in [0.4, 0.5) is 4.79 Å². The second-order valence-electron chi connectivity index (χ2n) is 13.3. The van der Waals surface area contributed by atoms with Gasteiger partial charge in [0.05, 0.1) is 6.54 Å². The first-order valence-corrected chi connectivity index (χ1v) is 14.9. The average molecular weight is 588 g/mol. The molecular weight excluding hydrogens is 538 g/mol. The fraction of sp³-hybridized carbons (Fsp3) is 0.677. The third-order valence-electron chi connectivity index (χ3n) is 7.69. The molecule has 4 N–H and O–H groups in total. The Hall–Kier alpha value is -3.50. The van der Waals surface area contributed by atoms with Crippen LogP contribution in [0.15, 0.2) is 24.3 Å². The molecule has 0 aromatic carbocycles. The lowest BCUT2D eigenvalue weighted by atomic mass is 9.82. The maximum atomic E-state index is 13.8. The van der Waals surface area contributed by atoms with Crippen molar-refractivity contribution in [3.63, 3.8) is 0 Å². The lowest BCUT2D eigenvalue weighted by Crippen LogP contribution is -2.60. The Labute approximate surface area is 249 Å². The first kappa shape index (κ1) is 34.7. The summed E-state index contributed by atoms with van der Waals surface area (Å²) in [7, 11) is 0. The van der Waals surface area contributed by atoms with E-state index in [2.05, 4.69) is 27.8 Å². The van der Waals surface area contributed by atoms with E-state index in [-0.39, 0.29) is 23.8 Å². The predicted molar refractivity (Wildman–Crippen MR) is 160 cm³/mol. The summed E-state index contributed by atoms with van der Waals surface area (Å²) in [6, 6.07) is -2.66. The number of ketones is 2. The van der Waals surface area contributed by atoms with Crippen LogP contribution in [0.3, 0.4) is 0 Å². The predicted octanol–water partition coefficient (Wildman–Crippen LogP) is 2.55. The van der Waals surface area contributed by atoms with E-state index in [1.807, 2.05) is 47.6 Å². The minimum absolute atomic E-state index is 0.115. The summed E-state index contributed by atoms with van der Waals surface area (Å²) >= 11 is 0. The number of likely N-dealkylation sites (tertiary alicyclic amines) is 1. The number of hydrogen-bond acceptors (Lipinski definition) is 6. The van der Waals surface area contributed by atoms with Crippen LogP contribution in [0.2, 0.25) is 0 Å². The van der Waals surface area contributed by atoms with Crippen molar-refractivity contribution < 1.29 is 28.8 Å². The summed E-state index contributed by atoms with van der Waals surface area (Å²) in [6.45, 7) is 14.9. The Kier molecular flexibility index (Phi) is 12.5. The molecule has 0 unspecified atom stereocenters. The summed E-state index contributed by atoms with van der Waals surface area (Å²) in [5.41, 5.74) is -0.308. The lowest BCUT2D eigenvalue weighted by molar-refractivity contribution is -0.142. The molecule has 3 atom stereocenters. The van der Waals surface area contributed by atoms with E-state index in [4.69, 9.17) is 0 Å². The number of hydrogen-bond donors (Lipinski definition) is 4. The molecule has 1 heterocycles. The molecule has 5 amide bonds. The molecule has 2 rings (SSSR count). The van der Waals surface area contributed by atoms with Gasteiger partial charge in [-0.05, 0) is 54.9 Å². The Morgan fingerprint density at radius 1 is 1.00 bits per heavy atom. The van der Waals surface area contributed by atoms with E-state index in [0.717, 1.165) is 24.8 Å². The van der Waals surface area contributed by atoms with E-state index < -0.39 is 53.6 Å². The number of rotatable bonds is 11. The van der Waals surface area contributed by atoms with Gasteiger partial charge < -0.3 is 26.2 Å². The fourth-order valence-electron chi connectivity index (χ4n) is 5.05. The molecule has 0 aromatic heterocycles. The molecule has 234 valence electrons. The highest BCUT2D eigenvalue weighted by atomic mass is 16.2. The largest absolute Gasteiger partial charge is 0.347 e. The second-order valence-corrected chi connectivity index (χ2v) is 13.3. The van der Waals surface area contributed by atoms with Crippen molar-refractivity contribution in [3.05, 3.63) is 24.3 Å². The van der Waals surface area contributed by atoms with Gasteiger partial charge in [0.2, 0.25) is 17.6 Å². The van der Waals surface area contributed by atoms with Crippen LogP contribution >= 0.6 is 0 Å². The number of amides is 5. The smallest absolute Gasteiger partial charge is 0.315 e. The van der Waals surface area contributed by atoms with Crippen molar-refractivity contribution in [2.75, 3.05) is 19.6 Å². The van der Waals surface area contributed by atoms with E-state index in [9.17, 15) is 28.8 Å². The molecule has 0 saturated carbocycles. The third kappa shape index (κ3) is 10.1. The molecule has 0 bridgehead atoms. The van der Waals surface area contributed by atoms with Crippen molar-refractivity contribution in [2.24, 2.45) is 10.8 Å². The van der Waals surface area contributed by atoms with Crippen LogP contribution in [0, 0.1) is 10.8 Å². The minimum Gasteiger partial charge on any atom is -0.347 e. The van der Waals surface area contributed by atoms with Crippen LogP contribution in [0.25, 0.3) is 0 Å². The van der Waals surface area contributed by atoms with Crippen molar-refractivity contribution in [3.8, 4) is 0 Å². The van der Waals surface area contributed by atoms with Gasteiger partial charge in [0.25, 0.3) is 5.91 Å². The molecule has 1 aliphatic carbocycles. The number of allylic oxidation sites excluding steroid dienone is 1. The number of nitrogens with one attached hydrogen (secondary N) is 4. The Morgan fingerprint density at radius 3 is 2.31 bits per heavy atom.